The number of ketones is 1. The second-order valence-electron chi connectivity index (χ2n) is 8.46. The van der Waals surface area contributed by atoms with Gasteiger partial charge in [0.25, 0.3) is 11.7 Å². The molecular formula is C28H24N2O7. The van der Waals surface area contributed by atoms with E-state index in [0.717, 1.165) is 0 Å². The zero-order chi connectivity index (χ0) is 25.9. The first-order chi connectivity index (χ1) is 18.0. The van der Waals surface area contributed by atoms with Crippen molar-refractivity contribution in [3.63, 3.8) is 0 Å². The third-order valence-corrected chi connectivity index (χ3v) is 6.15. The lowest BCUT2D eigenvalue weighted by Crippen LogP contribution is -2.29. The number of carbonyl (C=O) groups is 3. The average molecular weight is 501 g/mol. The molecule has 1 atom stereocenters. The Bertz CT molecular complexity index is 1380. The molecule has 9 heteroatoms. The number of Topliss-reactive ketones (excluding diaryl/α,β-unsaturated/α-hetero) is 1. The number of fused-ring (bicyclic) bond motifs is 1. The predicted molar refractivity (Wildman–Crippen MR) is 133 cm³/mol. The Morgan fingerprint density at radius 3 is 2.43 bits per heavy atom. The van der Waals surface area contributed by atoms with Crippen molar-refractivity contribution >= 4 is 29.1 Å². The molecule has 9 nitrogen and oxygen atoms in total. The monoisotopic (exact) mass is 500 g/mol. The highest BCUT2D eigenvalue weighted by Crippen LogP contribution is 2.43. The molecule has 37 heavy (non-hydrogen) atoms. The number of nitrogens with zero attached hydrogens (tertiary/aromatic N) is 2. The predicted octanol–water partition coefficient (Wildman–Crippen LogP) is 3.58. The molecule has 1 unspecified atom stereocenters. The number of ether oxygens (including phenoxy) is 3. The second kappa shape index (κ2) is 10.1. The number of amides is 1. The summed E-state index contributed by atoms with van der Waals surface area (Å²) in [6.07, 6.45) is 3.20. The van der Waals surface area contributed by atoms with Crippen LogP contribution in [0, 0.1) is 0 Å². The van der Waals surface area contributed by atoms with Gasteiger partial charge in [0.15, 0.2) is 11.5 Å². The minimum Gasteiger partial charge on any atom is -0.507 e. The highest BCUT2D eigenvalue weighted by atomic mass is 16.6. The van der Waals surface area contributed by atoms with Crippen LogP contribution in [-0.2, 0) is 25.5 Å². The standard InChI is InChI=1S/C28H24N2O7/c1-2-35-23(31)15-17-3-6-20(7-4-17)30-25(18-9-11-29-12-10-18)24(27(33)28(30)34)26(32)19-5-8-21-22(16-19)37-14-13-36-21/h3-12,16,25,32H,2,13-15H2,1H3/b26-24-. The number of anilines is 1. The van der Waals surface area contributed by atoms with E-state index in [0.29, 0.717) is 47.1 Å². The van der Waals surface area contributed by atoms with E-state index in [1.165, 1.54) is 4.90 Å². The van der Waals surface area contributed by atoms with E-state index >= 15 is 0 Å². The van der Waals surface area contributed by atoms with Gasteiger partial charge in [0.2, 0.25) is 0 Å². The molecule has 0 spiro atoms. The average Bonchev–Trinajstić information content (AvgIpc) is 3.19. The first-order valence-electron chi connectivity index (χ1n) is 11.8. The quantitative estimate of drug-likeness (QED) is 0.236. The van der Waals surface area contributed by atoms with Crippen LogP contribution in [0.25, 0.3) is 5.76 Å². The number of aliphatic hydroxyl groups is 1. The van der Waals surface area contributed by atoms with Crippen LogP contribution in [0.4, 0.5) is 5.69 Å². The third-order valence-electron chi connectivity index (χ3n) is 6.15. The fraction of sp³-hybridized carbons (Fsp3) is 0.214. The Labute approximate surface area is 212 Å². The summed E-state index contributed by atoms with van der Waals surface area (Å²) in [6, 6.07) is 14.1. The number of rotatable bonds is 6. The maximum Gasteiger partial charge on any atom is 0.310 e. The lowest BCUT2D eigenvalue weighted by atomic mass is 9.95. The van der Waals surface area contributed by atoms with Crippen molar-refractivity contribution in [3.05, 3.63) is 89.3 Å². The van der Waals surface area contributed by atoms with Gasteiger partial charge in [-0.2, -0.15) is 0 Å². The molecule has 0 aliphatic carbocycles. The minimum absolute atomic E-state index is 0.0523. The van der Waals surface area contributed by atoms with Crippen LogP contribution in [0.5, 0.6) is 11.5 Å². The highest BCUT2D eigenvalue weighted by molar-refractivity contribution is 6.51. The maximum absolute atomic E-state index is 13.3. The molecule has 0 bridgehead atoms. The van der Waals surface area contributed by atoms with Gasteiger partial charge in [-0.1, -0.05) is 12.1 Å². The molecule has 188 valence electrons. The van der Waals surface area contributed by atoms with Crippen molar-refractivity contribution in [2.45, 2.75) is 19.4 Å². The molecular weight excluding hydrogens is 476 g/mol. The van der Waals surface area contributed by atoms with E-state index in [-0.39, 0.29) is 30.3 Å². The van der Waals surface area contributed by atoms with Gasteiger partial charge in [-0.05, 0) is 60.5 Å². The summed E-state index contributed by atoms with van der Waals surface area (Å²) in [5, 5.41) is 11.3. The Hall–Kier alpha value is -4.66. The van der Waals surface area contributed by atoms with Gasteiger partial charge in [0, 0.05) is 23.6 Å². The van der Waals surface area contributed by atoms with Gasteiger partial charge in [-0.3, -0.25) is 24.3 Å². The first-order valence-corrected chi connectivity index (χ1v) is 11.8. The fourth-order valence-electron chi connectivity index (χ4n) is 4.46. The van der Waals surface area contributed by atoms with Crippen LogP contribution < -0.4 is 14.4 Å². The zero-order valence-corrected chi connectivity index (χ0v) is 20.0. The molecule has 5 rings (SSSR count). The molecule has 3 aromatic rings. The Morgan fingerprint density at radius 2 is 1.73 bits per heavy atom. The number of aliphatic hydroxyl groups excluding tert-OH is 1. The topological polar surface area (TPSA) is 115 Å². The fourth-order valence-corrected chi connectivity index (χ4v) is 4.46. The molecule has 2 aliphatic heterocycles. The van der Waals surface area contributed by atoms with E-state index in [1.54, 1.807) is 73.9 Å². The molecule has 1 amide bonds. The number of pyridine rings is 1. The van der Waals surface area contributed by atoms with Gasteiger partial charge in [0.1, 0.15) is 19.0 Å². The van der Waals surface area contributed by atoms with Crippen LogP contribution in [0.15, 0.2) is 72.6 Å². The molecule has 1 aromatic heterocycles. The summed E-state index contributed by atoms with van der Waals surface area (Å²) >= 11 is 0. The Morgan fingerprint density at radius 1 is 1.03 bits per heavy atom. The smallest absolute Gasteiger partial charge is 0.310 e. The number of aromatic nitrogens is 1. The minimum atomic E-state index is -0.896. The second-order valence-corrected chi connectivity index (χ2v) is 8.46. The molecule has 2 aliphatic rings. The van der Waals surface area contributed by atoms with Crippen molar-refractivity contribution in [3.8, 4) is 11.5 Å². The Balaban J connectivity index is 1.57. The van der Waals surface area contributed by atoms with Crippen molar-refractivity contribution in [2.24, 2.45) is 0 Å². The van der Waals surface area contributed by atoms with Gasteiger partial charge in [0.05, 0.1) is 24.6 Å². The molecule has 1 saturated heterocycles. The van der Waals surface area contributed by atoms with Crippen molar-refractivity contribution in [1.29, 1.82) is 0 Å². The van der Waals surface area contributed by atoms with Crippen LogP contribution >= 0.6 is 0 Å². The van der Waals surface area contributed by atoms with E-state index in [9.17, 15) is 19.5 Å². The normalized spacial score (nSPS) is 18.1. The molecule has 1 fully saturated rings. The molecule has 3 heterocycles. The van der Waals surface area contributed by atoms with E-state index in [4.69, 9.17) is 14.2 Å². The zero-order valence-electron chi connectivity index (χ0n) is 20.0. The number of hydrogen-bond acceptors (Lipinski definition) is 8. The summed E-state index contributed by atoms with van der Waals surface area (Å²) < 4.78 is 16.2. The van der Waals surface area contributed by atoms with Gasteiger partial charge < -0.3 is 19.3 Å². The largest absolute Gasteiger partial charge is 0.507 e. The van der Waals surface area contributed by atoms with E-state index in [2.05, 4.69) is 4.98 Å². The van der Waals surface area contributed by atoms with Gasteiger partial charge >= 0.3 is 5.97 Å². The van der Waals surface area contributed by atoms with Crippen LogP contribution in [0.3, 0.4) is 0 Å². The van der Waals surface area contributed by atoms with Crippen LogP contribution in [0.2, 0.25) is 0 Å². The molecule has 1 N–H and O–H groups in total. The molecule has 2 aromatic carbocycles. The van der Waals surface area contributed by atoms with Crippen molar-refractivity contribution in [1.82, 2.24) is 4.98 Å². The van der Waals surface area contributed by atoms with Gasteiger partial charge in [-0.15, -0.1) is 0 Å². The van der Waals surface area contributed by atoms with E-state index in [1.807, 2.05) is 0 Å². The summed E-state index contributed by atoms with van der Waals surface area (Å²) in [5.41, 5.74) is 2.02. The van der Waals surface area contributed by atoms with Gasteiger partial charge in [-0.25, -0.2) is 0 Å². The van der Waals surface area contributed by atoms with E-state index < -0.39 is 17.7 Å². The highest BCUT2D eigenvalue weighted by Gasteiger charge is 2.47. The molecule has 0 radical (unpaired) electrons. The maximum atomic E-state index is 13.3. The summed E-state index contributed by atoms with van der Waals surface area (Å²) in [5.74, 6) is -1.28. The summed E-state index contributed by atoms with van der Waals surface area (Å²) in [4.78, 5) is 43.9. The summed E-state index contributed by atoms with van der Waals surface area (Å²) in [7, 11) is 0. The lowest BCUT2D eigenvalue weighted by Gasteiger charge is -2.25. The van der Waals surface area contributed by atoms with Crippen LogP contribution in [0.1, 0.15) is 29.7 Å². The number of carbonyl (C=O) groups excluding carboxylic acids is 3. The number of benzene rings is 2. The van der Waals surface area contributed by atoms with Crippen molar-refractivity contribution in [2.75, 3.05) is 24.7 Å². The van der Waals surface area contributed by atoms with Crippen molar-refractivity contribution < 1.29 is 33.7 Å². The third kappa shape index (κ3) is 4.63. The summed E-state index contributed by atoms with van der Waals surface area (Å²) in [6.45, 7) is 2.81. The van der Waals surface area contributed by atoms with Crippen LogP contribution in [-0.4, -0.2) is 47.6 Å². The SMILES string of the molecule is CCOC(=O)Cc1ccc(N2C(=O)C(=O)/C(=C(\O)c3ccc4c(c3)OCCO4)C2c2ccncc2)cc1. The number of hydrogen-bond donors (Lipinski definition) is 1. The molecule has 0 saturated carbocycles. The number of esters is 1. The lowest BCUT2D eigenvalue weighted by molar-refractivity contribution is -0.142. The Kier molecular flexibility index (Phi) is 6.59. The first kappa shape index (κ1) is 24.1.